The minimum absolute atomic E-state index is 0.142. The Balaban J connectivity index is 2.96. The molecule has 1 aliphatic rings. The molecule has 1 aromatic rings. The van der Waals surface area contributed by atoms with Crippen molar-refractivity contribution in [1.82, 2.24) is 0 Å². The fourth-order valence-electron chi connectivity index (χ4n) is 1.69. The number of phenols is 3. The summed E-state index contributed by atoms with van der Waals surface area (Å²) in [5.74, 6) is -4.75. The van der Waals surface area contributed by atoms with Crippen LogP contribution in [-0.2, 0) is 4.79 Å². The highest BCUT2D eigenvalue weighted by atomic mass is 16.3. The summed E-state index contributed by atoms with van der Waals surface area (Å²) in [5.41, 5.74) is -1.07. The van der Waals surface area contributed by atoms with Crippen molar-refractivity contribution in [3.05, 3.63) is 22.8 Å². The predicted molar refractivity (Wildman–Crippen MR) is 56.1 cm³/mol. The van der Waals surface area contributed by atoms with E-state index in [4.69, 9.17) is 0 Å². The third kappa shape index (κ3) is 1.27. The quantitative estimate of drug-likeness (QED) is 0.300. The molecule has 0 atom stereocenters. The number of Topliss-reactive ketones (excluding diaryl/α,β-unsaturated/α-hetero) is 1. The number of phenolic OH excluding ortho intramolecular Hbond substituents is 3. The van der Waals surface area contributed by atoms with Crippen molar-refractivity contribution in [2.24, 2.45) is 0 Å². The van der Waals surface area contributed by atoms with Crippen molar-refractivity contribution in [1.29, 1.82) is 0 Å². The van der Waals surface area contributed by atoms with Crippen LogP contribution < -0.4 is 0 Å². The van der Waals surface area contributed by atoms with E-state index in [1.54, 1.807) is 0 Å². The maximum Gasteiger partial charge on any atom is 0.237 e. The number of allylic oxidation sites excluding steroid dienone is 1. The molecule has 6 nitrogen and oxygen atoms in total. The summed E-state index contributed by atoms with van der Waals surface area (Å²) in [6.07, 6.45) is 0.624. The molecule has 1 aromatic carbocycles. The van der Waals surface area contributed by atoms with Crippen molar-refractivity contribution in [3.8, 4) is 17.2 Å². The first-order valence-electron chi connectivity index (χ1n) is 4.63. The van der Waals surface area contributed by atoms with E-state index in [2.05, 4.69) is 0 Å². The van der Waals surface area contributed by atoms with Crippen LogP contribution in [0.15, 0.2) is 6.08 Å². The highest BCUT2D eigenvalue weighted by Crippen LogP contribution is 2.45. The molecule has 0 radical (unpaired) electrons. The second-order valence-electron chi connectivity index (χ2n) is 3.64. The minimum atomic E-state index is -1.05. The van der Waals surface area contributed by atoms with Crippen LogP contribution in [0.1, 0.15) is 21.5 Å². The van der Waals surface area contributed by atoms with Gasteiger partial charge in [-0.1, -0.05) is 0 Å². The van der Waals surface area contributed by atoms with Gasteiger partial charge in [-0.05, 0) is 6.92 Å². The van der Waals surface area contributed by atoms with E-state index >= 15 is 0 Å². The van der Waals surface area contributed by atoms with Gasteiger partial charge >= 0.3 is 0 Å². The molecule has 0 spiro atoms. The molecule has 0 saturated carbocycles. The molecule has 0 saturated heterocycles. The zero-order valence-corrected chi connectivity index (χ0v) is 8.68. The number of aliphatic hydroxyl groups excluding tert-OH is 1. The van der Waals surface area contributed by atoms with Gasteiger partial charge in [-0.3, -0.25) is 9.59 Å². The van der Waals surface area contributed by atoms with Gasteiger partial charge in [0.1, 0.15) is 11.5 Å². The predicted octanol–water partition coefficient (Wildman–Crippen LogP) is 0.776. The lowest BCUT2D eigenvalue weighted by molar-refractivity contribution is -0.111. The zero-order valence-electron chi connectivity index (χ0n) is 8.68. The van der Waals surface area contributed by atoms with Crippen LogP contribution in [0.4, 0.5) is 0 Å². The average Bonchev–Trinajstić information content (AvgIpc) is 2.28. The smallest absolute Gasteiger partial charge is 0.237 e. The van der Waals surface area contributed by atoms with Crippen molar-refractivity contribution >= 4 is 17.3 Å². The lowest BCUT2D eigenvalue weighted by Gasteiger charge is -2.17. The maximum absolute atomic E-state index is 11.5. The number of hydrogen-bond acceptors (Lipinski definition) is 6. The molecule has 2 rings (SSSR count). The number of carbonyl (C=O) groups excluding carboxylic acids is 2. The van der Waals surface area contributed by atoms with E-state index in [9.17, 15) is 30.0 Å². The Morgan fingerprint density at radius 3 is 2.06 bits per heavy atom. The van der Waals surface area contributed by atoms with E-state index in [0.717, 1.165) is 0 Å². The summed E-state index contributed by atoms with van der Waals surface area (Å²) in [6, 6.07) is 0. The normalized spacial score (nSPS) is 14.5. The number of aliphatic hydroxyl groups is 1. The number of fused-ring (bicyclic) bond motifs is 1. The lowest BCUT2D eigenvalue weighted by atomic mass is 9.90. The molecule has 0 bridgehead atoms. The molecule has 0 heterocycles. The third-order valence-corrected chi connectivity index (χ3v) is 2.63. The molecule has 88 valence electrons. The first-order chi connectivity index (χ1) is 7.86. The highest BCUT2D eigenvalue weighted by Gasteiger charge is 2.34. The number of hydrogen-bond donors (Lipinski definition) is 4. The molecule has 4 N–H and O–H groups in total. The first kappa shape index (κ1) is 11.0. The SMILES string of the molecule is Cc1c(O)c(O)c2c(c1O)C(=O)C(=O)C=C2O. The molecule has 17 heavy (non-hydrogen) atoms. The first-order valence-corrected chi connectivity index (χ1v) is 4.63. The Morgan fingerprint density at radius 2 is 1.47 bits per heavy atom. The molecule has 0 aliphatic heterocycles. The summed E-state index contributed by atoms with van der Waals surface area (Å²) < 4.78 is 0. The molecule has 0 unspecified atom stereocenters. The molecule has 0 amide bonds. The van der Waals surface area contributed by atoms with E-state index in [-0.39, 0.29) is 5.56 Å². The van der Waals surface area contributed by atoms with Crippen LogP contribution >= 0.6 is 0 Å². The van der Waals surface area contributed by atoms with E-state index in [1.165, 1.54) is 6.92 Å². The topological polar surface area (TPSA) is 115 Å². The molecular weight excluding hydrogens is 228 g/mol. The molecule has 0 fully saturated rings. The van der Waals surface area contributed by atoms with Crippen molar-refractivity contribution in [2.75, 3.05) is 0 Å². The Hall–Kier alpha value is -2.50. The van der Waals surface area contributed by atoms with E-state index in [1.807, 2.05) is 0 Å². The van der Waals surface area contributed by atoms with Crippen LogP contribution in [0, 0.1) is 6.92 Å². The van der Waals surface area contributed by atoms with Gasteiger partial charge in [-0.15, -0.1) is 0 Å². The van der Waals surface area contributed by atoms with Gasteiger partial charge < -0.3 is 20.4 Å². The molecule has 6 heteroatoms. The van der Waals surface area contributed by atoms with Crippen LogP contribution in [-0.4, -0.2) is 32.0 Å². The number of aromatic hydroxyl groups is 3. The van der Waals surface area contributed by atoms with Crippen molar-refractivity contribution in [3.63, 3.8) is 0 Å². The molecule has 1 aliphatic carbocycles. The number of ketones is 2. The molecular formula is C11H8O6. The van der Waals surface area contributed by atoms with Crippen LogP contribution in [0.3, 0.4) is 0 Å². The second kappa shape index (κ2) is 3.24. The van der Waals surface area contributed by atoms with Crippen LogP contribution in [0.2, 0.25) is 0 Å². The second-order valence-corrected chi connectivity index (χ2v) is 3.64. The Morgan fingerprint density at radius 1 is 0.882 bits per heavy atom. The number of carbonyl (C=O) groups is 2. The monoisotopic (exact) mass is 236 g/mol. The summed E-state index contributed by atoms with van der Waals surface area (Å²) in [5, 5.41) is 38.2. The van der Waals surface area contributed by atoms with E-state index in [0.29, 0.717) is 6.08 Å². The maximum atomic E-state index is 11.5. The van der Waals surface area contributed by atoms with Gasteiger partial charge in [-0.25, -0.2) is 0 Å². The summed E-state index contributed by atoms with van der Waals surface area (Å²) >= 11 is 0. The third-order valence-electron chi connectivity index (χ3n) is 2.63. The number of rotatable bonds is 0. The van der Waals surface area contributed by atoms with Crippen LogP contribution in [0.5, 0.6) is 17.2 Å². The van der Waals surface area contributed by atoms with E-state index < -0.39 is 45.7 Å². The van der Waals surface area contributed by atoms with Crippen molar-refractivity contribution in [2.45, 2.75) is 6.92 Å². The van der Waals surface area contributed by atoms with Gasteiger partial charge in [0.05, 0.1) is 11.1 Å². The average molecular weight is 236 g/mol. The number of benzene rings is 1. The van der Waals surface area contributed by atoms with Gasteiger partial charge in [0.15, 0.2) is 11.5 Å². The van der Waals surface area contributed by atoms with Crippen LogP contribution in [0.25, 0.3) is 5.76 Å². The molecule has 0 aromatic heterocycles. The van der Waals surface area contributed by atoms with Gasteiger partial charge in [0.25, 0.3) is 0 Å². The van der Waals surface area contributed by atoms with Gasteiger partial charge in [0, 0.05) is 11.6 Å². The Kier molecular flexibility index (Phi) is 2.10. The van der Waals surface area contributed by atoms with Gasteiger partial charge in [-0.2, -0.15) is 0 Å². The highest BCUT2D eigenvalue weighted by molar-refractivity contribution is 6.51. The Bertz CT molecular complexity index is 597. The Labute approximate surface area is 95.1 Å². The summed E-state index contributed by atoms with van der Waals surface area (Å²) in [4.78, 5) is 22.7. The van der Waals surface area contributed by atoms with Crippen molar-refractivity contribution < 1.29 is 30.0 Å². The fourth-order valence-corrected chi connectivity index (χ4v) is 1.69. The fraction of sp³-hybridized carbons (Fsp3) is 0.0909. The zero-order chi connectivity index (χ0) is 12.9. The summed E-state index contributed by atoms with van der Waals surface area (Å²) in [6.45, 7) is 1.26. The largest absolute Gasteiger partial charge is 0.507 e. The summed E-state index contributed by atoms with van der Waals surface area (Å²) in [7, 11) is 0. The van der Waals surface area contributed by atoms with Gasteiger partial charge in [0.2, 0.25) is 11.6 Å². The lowest BCUT2D eigenvalue weighted by Crippen LogP contribution is -2.19. The standard InChI is InChI=1S/C11H8O6/c1-3-8(14)7-6(11(17)9(3)15)4(12)2-5(13)10(7)16/h2,12,14-15,17H,1H3. The minimum Gasteiger partial charge on any atom is -0.507 e.